The van der Waals surface area contributed by atoms with Crippen molar-refractivity contribution in [1.82, 2.24) is 31.9 Å². The number of benzene rings is 1. The number of aromatic hydroxyl groups is 1. The molecule has 0 bridgehead atoms. The van der Waals surface area contributed by atoms with Gasteiger partial charge in [0.1, 0.15) is 42.0 Å². The first kappa shape index (κ1) is 56.1. The first-order chi connectivity index (χ1) is 30.5. The van der Waals surface area contributed by atoms with E-state index in [0.29, 0.717) is 18.4 Å². The highest BCUT2D eigenvalue weighted by Crippen LogP contribution is 2.13. The van der Waals surface area contributed by atoms with Crippen molar-refractivity contribution < 1.29 is 68.1 Å². The molecule has 1 rings (SSSR count). The molecule has 0 saturated carbocycles. The lowest BCUT2D eigenvalue weighted by Crippen LogP contribution is -2.60. The molecule has 0 radical (unpaired) electrons. The van der Waals surface area contributed by atoms with Gasteiger partial charge in [0, 0.05) is 19.3 Å². The number of phenolic OH excluding ortho intramolecular Hbond substituents is 1. The van der Waals surface area contributed by atoms with Crippen LogP contribution in [0.5, 0.6) is 5.75 Å². The van der Waals surface area contributed by atoms with Crippen LogP contribution in [0.3, 0.4) is 0 Å². The van der Waals surface area contributed by atoms with Gasteiger partial charge in [-0.2, -0.15) is 0 Å². The largest absolute Gasteiger partial charge is 0.508 e. The number of phenols is 1. The van der Waals surface area contributed by atoms with Crippen molar-refractivity contribution in [3.63, 3.8) is 0 Å². The van der Waals surface area contributed by atoms with E-state index in [9.17, 15) is 68.1 Å². The van der Waals surface area contributed by atoms with Crippen LogP contribution in [0.25, 0.3) is 0 Å². The molecule has 0 heterocycles. The maximum Gasteiger partial charge on any atom is 0.326 e. The number of hydrogen-bond acceptors (Lipinski definition) is 14. The molecule has 65 heavy (non-hydrogen) atoms. The molecule has 0 unspecified atom stereocenters. The van der Waals surface area contributed by atoms with Crippen LogP contribution in [0, 0.1) is 5.92 Å². The number of amides is 9. The molecule has 0 fully saturated rings. The van der Waals surface area contributed by atoms with Gasteiger partial charge in [0.25, 0.3) is 0 Å². The van der Waals surface area contributed by atoms with Gasteiger partial charge in [-0.1, -0.05) is 32.4 Å². The molecule has 1 aromatic rings. The Labute approximate surface area is 374 Å². The van der Waals surface area contributed by atoms with E-state index >= 15 is 0 Å². The van der Waals surface area contributed by atoms with E-state index in [1.54, 1.807) is 13.8 Å². The van der Waals surface area contributed by atoms with Crippen molar-refractivity contribution in [3.05, 3.63) is 29.8 Å². The summed E-state index contributed by atoms with van der Waals surface area (Å²) >= 11 is 0. The number of carboxylic acid groups (broad SMARTS) is 2. The number of carbonyl (C=O) groups excluding carboxylic acids is 9. The van der Waals surface area contributed by atoms with Crippen LogP contribution in [0.1, 0.15) is 90.0 Å². The third kappa shape index (κ3) is 21.8. The van der Waals surface area contributed by atoms with E-state index in [2.05, 4.69) is 31.9 Å². The summed E-state index contributed by atoms with van der Waals surface area (Å²) in [7, 11) is 0. The van der Waals surface area contributed by atoms with Crippen LogP contribution in [0.2, 0.25) is 0 Å². The minimum atomic E-state index is -1.86. The third-order valence-electron chi connectivity index (χ3n) is 10.0. The highest BCUT2D eigenvalue weighted by molar-refractivity contribution is 5.98. The van der Waals surface area contributed by atoms with E-state index in [-0.39, 0.29) is 38.0 Å². The minimum Gasteiger partial charge on any atom is -0.508 e. The number of primary amides is 3. The molecule has 1 aromatic carbocycles. The van der Waals surface area contributed by atoms with E-state index in [0.717, 1.165) is 0 Å². The number of rotatable bonds is 32. The molecular weight excluding hydrogens is 859 g/mol. The Morgan fingerprint density at radius 2 is 0.985 bits per heavy atom. The second-order valence-electron chi connectivity index (χ2n) is 15.4. The van der Waals surface area contributed by atoms with Gasteiger partial charge in [-0.25, -0.2) is 4.79 Å². The Hall–Kier alpha value is -6.89. The molecule has 0 saturated heterocycles. The molecule has 0 aliphatic carbocycles. The van der Waals surface area contributed by atoms with E-state index in [1.165, 1.54) is 24.3 Å². The Morgan fingerprint density at radius 1 is 0.569 bits per heavy atom. The van der Waals surface area contributed by atoms with E-state index in [4.69, 9.17) is 28.7 Å². The summed E-state index contributed by atoms with van der Waals surface area (Å²) in [6.45, 7) is 3.45. The lowest BCUT2D eigenvalue weighted by molar-refractivity contribution is -0.144. The topological polar surface area (TPSA) is 451 Å². The maximum atomic E-state index is 13.9. The zero-order chi connectivity index (χ0) is 49.4. The predicted molar refractivity (Wildman–Crippen MR) is 229 cm³/mol. The molecule has 25 heteroatoms. The Bertz CT molecular complexity index is 1850. The van der Waals surface area contributed by atoms with Crippen molar-refractivity contribution in [1.29, 1.82) is 0 Å². The first-order valence-electron chi connectivity index (χ1n) is 20.8. The summed E-state index contributed by atoms with van der Waals surface area (Å²) in [6, 6.07) is -5.11. The van der Waals surface area contributed by atoms with Crippen LogP contribution in [0.4, 0.5) is 0 Å². The zero-order valence-corrected chi connectivity index (χ0v) is 36.3. The molecule has 0 aliphatic rings. The number of carboxylic acids is 2. The summed E-state index contributed by atoms with van der Waals surface area (Å²) < 4.78 is 0. The molecule has 0 aliphatic heterocycles. The fourth-order valence-corrected chi connectivity index (χ4v) is 6.10. The van der Waals surface area contributed by atoms with Gasteiger partial charge in [-0.15, -0.1) is 0 Å². The monoisotopic (exact) mass is 921 g/mol. The number of carbonyl (C=O) groups is 11. The maximum absolute atomic E-state index is 13.9. The van der Waals surface area contributed by atoms with Crippen molar-refractivity contribution in [2.75, 3.05) is 6.54 Å². The number of aliphatic carboxylic acids is 2. The molecule has 362 valence electrons. The number of nitrogens with one attached hydrogen (secondary N) is 6. The second kappa shape index (κ2) is 28.7. The molecule has 19 N–H and O–H groups in total. The summed E-state index contributed by atoms with van der Waals surface area (Å²) in [4.78, 5) is 140. The van der Waals surface area contributed by atoms with Gasteiger partial charge in [0.2, 0.25) is 53.2 Å². The highest BCUT2D eigenvalue weighted by Gasteiger charge is 2.35. The van der Waals surface area contributed by atoms with Crippen molar-refractivity contribution >= 4 is 65.1 Å². The molecule has 8 atom stereocenters. The number of unbranched alkanes of at least 4 members (excludes halogenated alkanes) is 1. The SMILES string of the molecule is CC[C@H](C)[C@H](NC(=O)[C@H](CCC(N)=O)NC(=O)[C@H](CCCCN)NC(=O)[C@H](CCC(N)=O)NC(=O)[C@H](CC(N)=O)NC(=O)[C@H](CCC(=O)O)NC(=O)[C@@H](N)Cc1ccc(O)cc1)C(=O)O. The fraction of sp³-hybridized carbons (Fsp3) is 0.575. The van der Waals surface area contributed by atoms with Gasteiger partial charge >= 0.3 is 11.9 Å². The smallest absolute Gasteiger partial charge is 0.326 e. The predicted octanol–water partition coefficient (Wildman–Crippen LogP) is -4.30. The zero-order valence-electron chi connectivity index (χ0n) is 36.3. The van der Waals surface area contributed by atoms with Crippen LogP contribution in [-0.4, -0.2) is 129 Å². The number of nitrogens with two attached hydrogens (primary N) is 5. The molecule has 0 aromatic heterocycles. The average Bonchev–Trinajstić information content (AvgIpc) is 3.23. The Balaban J connectivity index is 3.43. The third-order valence-corrected chi connectivity index (χ3v) is 10.0. The van der Waals surface area contributed by atoms with Gasteiger partial charge in [-0.3, -0.25) is 47.9 Å². The van der Waals surface area contributed by atoms with E-state index in [1.807, 2.05) is 0 Å². The quantitative estimate of drug-likeness (QED) is 0.0304. The normalized spacial score (nSPS) is 14.6. The van der Waals surface area contributed by atoms with E-state index < -0.39 is 152 Å². The molecule has 0 spiro atoms. The molecule has 25 nitrogen and oxygen atoms in total. The molecule has 9 amide bonds. The summed E-state index contributed by atoms with van der Waals surface area (Å²) in [6.07, 6.45) is -3.05. The van der Waals surface area contributed by atoms with Crippen molar-refractivity contribution in [3.8, 4) is 5.75 Å². The summed E-state index contributed by atoms with van der Waals surface area (Å²) in [5.74, 6) is -12.5. The Morgan fingerprint density at radius 3 is 1.40 bits per heavy atom. The standard InChI is InChI=1S/C40H63N11O14/c1-3-20(2)33(40(64)65)51-38(62)26(12-15-30(44)54)48-35(59)24(6-4-5-17-41)47-36(60)25(11-14-29(43)53)49-39(63)28(19-31(45)55)50-37(61)27(13-16-32(56)57)46-34(58)23(42)18-21-7-9-22(52)10-8-21/h7-10,20,23-28,33,52H,3-6,11-19,41-42H2,1-2H3,(H2,43,53)(H2,44,54)(H2,45,55)(H,46,58)(H,47,60)(H,48,59)(H,49,63)(H,50,61)(H,51,62)(H,56,57)(H,64,65)/t20-,23-,24-,25-,26-,27-,28-,33-/m0/s1. The lowest BCUT2D eigenvalue weighted by Gasteiger charge is -2.28. The fourth-order valence-electron chi connectivity index (χ4n) is 6.10. The van der Waals surface area contributed by atoms with Gasteiger partial charge in [-0.05, 0) is 75.1 Å². The van der Waals surface area contributed by atoms with Crippen LogP contribution in [0.15, 0.2) is 24.3 Å². The van der Waals surface area contributed by atoms with Crippen molar-refractivity contribution in [2.24, 2.45) is 34.6 Å². The second-order valence-corrected chi connectivity index (χ2v) is 15.4. The van der Waals surface area contributed by atoms with Crippen LogP contribution >= 0.6 is 0 Å². The highest BCUT2D eigenvalue weighted by atomic mass is 16.4. The number of hydrogen-bond donors (Lipinski definition) is 14. The summed E-state index contributed by atoms with van der Waals surface area (Å²) in [5, 5.41) is 42.6. The average molecular weight is 922 g/mol. The van der Waals surface area contributed by atoms with Crippen molar-refractivity contribution in [2.45, 2.75) is 133 Å². The summed E-state index contributed by atoms with van der Waals surface area (Å²) in [5.41, 5.74) is 28.2. The molecular formula is C40H63N11O14. The minimum absolute atomic E-state index is 0.0422. The van der Waals surface area contributed by atoms with Gasteiger partial charge in [0.15, 0.2) is 0 Å². The van der Waals surface area contributed by atoms with Gasteiger partial charge < -0.3 is 75.9 Å². The first-order valence-corrected chi connectivity index (χ1v) is 20.8. The van der Waals surface area contributed by atoms with Gasteiger partial charge in [0.05, 0.1) is 12.5 Å². The van der Waals surface area contributed by atoms with Crippen LogP contribution in [-0.2, 0) is 59.2 Å². The van der Waals surface area contributed by atoms with Crippen LogP contribution < -0.4 is 60.6 Å². The Kier molecular flexibility index (Phi) is 24.8. The lowest BCUT2D eigenvalue weighted by atomic mass is 9.98.